The molecule has 2 aliphatic rings. The number of benzene rings is 2. The highest BCUT2D eigenvalue weighted by atomic mass is 32.3. The summed E-state index contributed by atoms with van der Waals surface area (Å²) in [5.74, 6) is -0.800. The normalized spacial score (nSPS) is 17.5. The molecule has 3 heterocycles. The van der Waals surface area contributed by atoms with E-state index in [1.54, 1.807) is 6.08 Å². The van der Waals surface area contributed by atoms with Crippen LogP contribution in [0.2, 0.25) is 0 Å². The second-order valence-electron chi connectivity index (χ2n) is 7.81. The summed E-state index contributed by atoms with van der Waals surface area (Å²) < 4.78 is 25.6. The molecule has 2 aromatic carbocycles. The molecule has 3 aromatic rings. The lowest BCUT2D eigenvalue weighted by atomic mass is 10.1. The van der Waals surface area contributed by atoms with E-state index in [1.807, 2.05) is 42.6 Å². The third-order valence-corrected chi connectivity index (χ3v) is 8.05. The van der Waals surface area contributed by atoms with Crippen LogP contribution >= 0.6 is 11.8 Å². The fourth-order valence-corrected chi connectivity index (χ4v) is 5.46. The van der Waals surface area contributed by atoms with Crippen molar-refractivity contribution in [2.75, 3.05) is 6.26 Å². The van der Waals surface area contributed by atoms with Crippen molar-refractivity contribution in [2.45, 2.75) is 13.5 Å². The van der Waals surface area contributed by atoms with Crippen molar-refractivity contribution in [2.24, 2.45) is 10.1 Å². The molecule has 5 rings (SSSR count). The van der Waals surface area contributed by atoms with Gasteiger partial charge in [0, 0.05) is 35.5 Å². The van der Waals surface area contributed by atoms with Crippen LogP contribution in [0, 0.1) is 12.3 Å². The number of rotatable bonds is 3. The summed E-state index contributed by atoms with van der Waals surface area (Å²) in [6.07, 6.45) is 4.61. The number of para-hydroxylation sites is 1. The molecule has 10 heteroatoms. The van der Waals surface area contributed by atoms with E-state index >= 15 is 0 Å². The van der Waals surface area contributed by atoms with Gasteiger partial charge >= 0.3 is 0 Å². The van der Waals surface area contributed by atoms with Gasteiger partial charge in [0.1, 0.15) is 0 Å². The molecule has 1 N–H and O–H groups in total. The van der Waals surface area contributed by atoms with Crippen molar-refractivity contribution in [1.82, 2.24) is 9.58 Å². The smallest absolute Gasteiger partial charge is 0.283 e. The summed E-state index contributed by atoms with van der Waals surface area (Å²) in [6, 6.07) is 16.0. The Kier molecular flexibility index (Phi) is 5.06. The Morgan fingerprint density at radius 2 is 1.85 bits per heavy atom. The molecular formula is C23H19N5O3S2. The van der Waals surface area contributed by atoms with Crippen LogP contribution in [-0.4, -0.2) is 45.5 Å². The number of aryl methyl sites for hydroxylation is 1. The van der Waals surface area contributed by atoms with Crippen molar-refractivity contribution in [3.63, 3.8) is 0 Å². The Morgan fingerprint density at radius 1 is 1.12 bits per heavy atom. The fraction of sp³-hybridized carbons (Fsp3) is 0.130. The van der Waals surface area contributed by atoms with Crippen molar-refractivity contribution in [3.05, 3.63) is 77.0 Å². The molecular weight excluding hydrogens is 458 g/mol. The zero-order chi connectivity index (χ0) is 23.3. The van der Waals surface area contributed by atoms with Gasteiger partial charge in [-0.05, 0) is 42.0 Å². The third kappa shape index (κ3) is 3.81. The number of nitrogens with one attached hydrogen (secondary N) is 1. The largest absolute Gasteiger partial charge is 0.342 e. The second-order valence-corrected chi connectivity index (χ2v) is 11.0. The molecule has 0 saturated carbocycles. The number of aromatic nitrogens is 1. The average molecular weight is 478 g/mol. The fourth-order valence-electron chi connectivity index (χ4n) is 3.77. The third-order valence-electron chi connectivity index (χ3n) is 5.47. The molecule has 0 aliphatic carbocycles. The molecule has 33 heavy (non-hydrogen) atoms. The first-order valence-corrected chi connectivity index (χ1v) is 12.8. The molecule has 0 atom stereocenters. The maximum Gasteiger partial charge on any atom is 0.283 e. The van der Waals surface area contributed by atoms with E-state index in [4.69, 9.17) is 5.41 Å². The first-order valence-electron chi connectivity index (χ1n) is 10.0. The topological polar surface area (TPSA) is 108 Å². The number of aliphatic imine (C=N–C) groups is 1. The standard InChI is InChI=1S/C23H19N5O3S2/c1-14-7-3-4-8-15(14)12-27-13-16(17-9-5-6-10-19(17)27)11-18-20(24)28-22(25-21(18)29)32-23(26-28)33(2,30)31/h3-11,13,24H,12H2,1-2H3/b18-11+,24-20?. The molecule has 0 radical (unpaired) electrons. The van der Waals surface area contributed by atoms with Crippen LogP contribution in [0.4, 0.5) is 0 Å². The molecule has 0 unspecified atom stereocenters. The van der Waals surface area contributed by atoms with Crippen LogP contribution in [0.5, 0.6) is 0 Å². The van der Waals surface area contributed by atoms with Gasteiger partial charge in [-0.3, -0.25) is 10.2 Å². The molecule has 0 fully saturated rings. The first-order chi connectivity index (χ1) is 15.7. The Labute approximate surface area is 194 Å². The van der Waals surface area contributed by atoms with Gasteiger partial charge in [0.2, 0.25) is 19.4 Å². The van der Waals surface area contributed by atoms with Crippen molar-refractivity contribution < 1.29 is 13.2 Å². The van der Waals surface area contributed by atoms with Crippen LogP contribution in [0.3, 0.4) is 0 Å². The maximum absolute atomic E-state index is 12.7. The number of fused-ring (bicyclic) bond motifs is 2. The minimum absolute atomic E-state index is 0.0524. The summed E-state index contributed by atoms with van der Waals surface area (Å²) in [5, 5.41) is 14.6. The number of carbonyl (C=O) groups is 1. The number of sulfone groups is 1. The van der Waals surface area contributed by atoms with Gasteiger partial charge in [-0.1, -0.05) is 42.5 Å². The molecule has 1 amide bonds. The summed E-state index contributed by atoms with van der Waals surface area (Å²) in [4.78, 5) is 16.7. The highest BCUT2D eigenvalue weighted by Gasteiger charge is 2.38. The van der Waals surface area contributed by atoms with Crippen LogP contribution in [0.15, 0.2) is 70.4 Å². The summed E-state index contributed by atoms with van der Waals surface area (Å²) in [6.45, 7) is 2.73. The van der Waals surface area contributed by atoms with Gasteiger partial charge in [-0.15, -0.1) is 5.10 Å². The zero-order valence-corrected chi connectivity index (χ0v) is 19.4. The van der Waals surface area contributed by atoms with Gasteiger partial charge in [-0.2, -0.15) is 10.0 Å². The van der Waals surface area contributed by atoms with Gasteiger partial charge in [0.25, 0.3) is 5.91 Å². The van der Waals surface area contributed by atoms with Crippen LogP contribution in [-0.2, 0) is 21.2 Å². The summed E-state index contributed by atoms with van der Waals surface area (Å²) in [5.41, 5.74) is 4.19. The number of thioether (sulfide) groups is 1. The monoisotopic (exact) mass is 477 g/mol. The lowest BCUT2D eigenvalue weighted by Gasteiger charge is -2.19. The van der Waals surface area contributed by atoms with E-state index in [0.29, 0.717) is 6.54 Å². The highest BCUT2D eigenvalue weighted by Crippen LogP contribution is 2.31. The van der Waals surface area contributed by atoms with E-state index in [9.17, 15) is 13.2 Å². The summed E-state index contributed by atoms with van der Waals surface area (Å²) >= 11 is 0.772. The molecule has 0 saturated heterocycles. The van der Waals surface area contributed by atoms with Crippen LogP contribution in [0.1, 0.15) is 16.7 Å². The van der Waals surface area contributed by atoms with E-state index < -0.39 is 15.7 Å². The van der Waals surface area contributed by atoms with E-state index in [-0.39, 0.29) is 21.0 Å². The lowest BCUT2D eigenvalue weighted by Crippen LogP contribution is -2.35. The predicted octanol–water partition coefficient (Wildman–Crippen LogP) is 3.62. The van der Waals surface area contributed by atoms with Crippen LogP contribution in [0.25, 0.3) is 17.0 Å². The highest BCUT2D eigenvalue weighted by molar-refractivity contribution is 8.42. The molecule has 166 valence electrons. The Balaban J connectivity index is 1.57. The molecule has 0 bridgehead atoms. The van der Waals surface area contributed by atoms with Gasteiger partial charge in [-0.25, -0.2) is 8.42 Å². The zero-order valence-electron chi connectivity index (χ0n) is 17.8. The number of amidine groups is 2. The van der Waals surface area contributed by atoms with Crippen molar-refractivity contribution in [3.8, 4) is 0 Å². The van der Waals surface area contributed by atoms with Gasteiger partial charge in [0.15, 0.2) is 5.84 Å². The van der Waals surface area contributed by atoms with Gasteiger partial charge in [0.05, 0.1) is 5.57 Å². The Bertz CT molecular complexity index is 1550. The first kappa shape index (κ1) is 21.4. The lowest BCUT2D eigenvalue weighted by molar-refractivity contribution is -0.114. The minimum atomic E-state index is -3.58. The Hall–Kier alpha value is -3.50. The van der Waals surface area contributed by atoms with Crippen molar-refractivity contribution in [1.29, 1.82) is 5.41 Å². The molecule has 8 nitrogen and oxygen atoms in total. The molecule has 2 aliphatic heterocycles. The summed E-state index contributed by atoms with van der Waals surface area (Å²) in [7, 11) is -3.58. The number of amides is 1. The van der Waals surface area contributed by atoms with Crippen molar-refractivity contribution >= 4 is 59.9 Å². The predicted molar refractivity (Wildman–Crippen MR) is 132 cm³/mol. The number of hydrogen-bond donors (Lipinski definition) is 1. The number of hydrazone groups is 1. The van der Waals surface area contributed by atoms with E-state index in [0.717, 1.165) is 39.5 Å². The SMILES string of the molecule is Cc1ccccc1Cn1cc(/C=C2\C(=N)N3N=C(S(C)(=O)=O)SC3=NC2=O)c2ccccc21. The molecule has 1 aromatic heterocycles. The van der Waals surface area contributed by atoms with E-state index in [2.05, 4.69) is 33.7 Å². The average Bonchev–Trinajstić information content (AvgIpc) is 3.35. The van der Waals surface area contributed by atoms with Gasteiger partial charge < -0.3 is 4.57 Å². The maximum atomic E-state index is 12.7. The van der Waals surface area contributed by atoms with Crippen LogP contribution < -0.4 is 0 Å². The number of nitrogens with zero attached hydrogens (tertiary/aromatic N) is 4. The van der Waals surface area contributed by atoms with E-state index in [1.165, 1.54) is 11.1 Å². The number of carbonyl (C=O) groups excluding carboxylic acids is 1. The quantitative estimate of drug-likeness (QED) is 0.580. The second kappa shape index (κ2) is 7.82. The molecule has 0 spiro atoms. The number of hydrogen-bond acceptors (Lipinski definition) is 6. The minimum Gasteiger partial charge on any atom is -0.342 e. The Morgan fingerprint density at radius 3 is 2.61 bits per heavy atom.